The topological polar surface area (TPSA) is 51.2 Å². The Bertz CT molecular complexity index is 668. The highest BCUT2D eigenvalue weighted by Gasteiger charge is 2.33. The number of halogens is 3. The van der Waals surface area contributed by atoms with Crippen LogP contribution in [0.2, 0.25) is 0 Å². The van der Waals surface area contributed by atoms with Crippen molar-refractivity contribution in [3.63, 3.8) is 0 Å². The second-order valence-electron chi connectivity index (χ2n) is 4.09. The van der Waals surface area contributed by atoms with Gasteiger partial charge in [0.05, 0.1) is 24.1 Å². The number of ether oxygens (including phenoxy) is 1. The Kier molecular flexibility index (Phi) is 4.17. The molecule has 4 nitrogen and oxygen atoms in total. The van der Waals surface area contributed by atoms with Gasteiger partial charge in [-0.1, -0.05) is 23.5 Å². The molecule has 0 saturated carbocycles. The SMILES string of the molecule is COC(=O)c1sc(Nc2ccccc2C(F)(F)F)nc1C. The van der Waals surface area contributed by atoms with Crippen LogP contribution in [0, 0.1) is 6.92 Å². The second-order valence-corrected chi connectivity index (χ2v) is 5.09. The van der Waals surface area contributed by atoms with E-state index in [0.29, 0.717) is 5.69 Å². The summed E-state index contributed by atoms with van der Waals surface area (Å²) in [6.07, 6.45) is -4.47. The summed E-state index contributed by atoms with van der Waals surface area (Å²) in [6.45, 7) is 1.59. The monoisotopic (exact) mass is 316 g/mol. The molecule has 8 heteroatoms. The number of rotatable bonds is 3. The zero-order chi connectivity index (χ0) is 15.6. The van der Waals surface area contributed by atoms with Gasteiger partial charge in [0.1, 0.15) is 4.88 Å². The van der Waals surface area contributed by atoms with Gasteiger partial charge in [0.2, 0.25) is 0 Å². The second kappa shape index (κ2) is 5.72. The molecule has 1 heterocycles. The van der Waals surface area contributed by atoms with E-state index in [1.165, 1.54) is 25.3 Å². The molecule has 2 rings (SSSR count). The number of carbonyl (C=O) groups excluding carboxylic acids is 1. The highest BCUT2D eigenvalue weighted by atomic mass is 32.1. The lowest BCUT2D eigenvalue weighted by molar-refractivity contribution is -0.136. The van der Waals surface area contributed by atoms with Gasteiger partial charge >= 0.3 is 12.1 Å². The zero-order valence-corrected chi connectivity index (χ0v) is 11.9. The maximum absolute atomic E-state index is 12.9. The van der Waals surface area contributed by atoms with Crippen molar-refractivity contribution in [2.75, 3.05) is 12.4 Å². The summed E-state index contributed by atoms with van der Waals surface area (Å²) in [5.74, 6) is -0.567. The van der Waals surface area contributed by atoms with Gasteiger partial charge in [-0.3, -0.25) is 0 Å². The van der Waals surface area contributed by atoms with Crippen molar-refractivity contribution in [3.05, 3.63) is 40.4 Å². The van der Waals surface area contributed by atoms with Crippen molar-refractivity contribution in [1.82, 2.24) is 4.98 Å². The van der Waals surface area contributed by atoms with E-state index >= 15 is 0 Å². The molecule has 1 aromatic heterocycles. The summed E-state index contributed by atoms with van der Waals surface area (Å²) >= 11 is 0.942. The number of nitrogens with zero attached hydrogens (tertiary/aromatic N) is 1. The Hall–Kier alpha value is -2.09. The van der Waals surface area contributed by atoms with Crippen molar-refractivity contribution < 1.29 is 22.7 Å². The Morgan fingerprint density at radius 1 is 1.33 bits per heavy atom. The number of anilines is 2. The maximum atomic E-state index is 12.9. The minimum absolute atomic E-state index is 0.116. The minimum Gasteiger partial charge on any atom is -0.465 e. The van der Waals surface area contributed by atoms with E-state index in [0.717, 1.165) is 17.4 Å². The summed E-state index contributed by atoms with van der Waals surface area (Å²) in [7, 11) is 1.23. The number of para-hydroxylation sites is 1. The first-order valence-electron chi connectivity index (χ1n) is 5.82. The van der Waals surface area contributed by atoms with E-state index in [1.807, 2.05) is 0 Å². The van der Waals surface area contributed by atoms with Gasteiger partial charge in [-0.2, -0.15) is 13.2 Å². The number of hydrogen-bond acceptors (Lipinski definition) is 5. The summed E-state index contributed by atoms with van der Waals surface area (Å²) in [6, 6.07) is 5.07. The molecule has 1 aromatic carbocycles. The number of alkyl halides is 3. The first-order valence-corrected chi connectivity index (χ1v) is 6.63. The molecular weight excluding hydrogens is 305 g/mol. The third-order valence-electron chi connectivity index (χ3n) is 2.64. The summed E-state index contributed by atoms with van der Waals surface area (Å²) in [4.78, 5) is 15.8. The van der Waals surface area contributed by atoms with Crippen LogP contribution in [0.25, 0.3) is 0 Å². The van der Waals surface area contributed by atoms with E-state index < -0.39 is 17.7 Å². The quantitative estimate of drug-likeness (QED) is 0.870. The first-order chi connectivity index (χ1) is 9.82. The van der Waals surface area contributed by atoms with Crippen LogP contribution < -0.4 is 5.32 Å². The van der Waals surface area contributed by atoms with Crippen molar-refractivity contribution in [1.29, 1.82) is 0 Å². The van der Waals surface area contributed by atoms with Crippen molar-refractivity contribution in [3.8, 4) is 0 Å². The van der Waals surface area contributed by atoms with Crippen LogP contribution in [0.5, 0.6) is 0 Å². The van der Waals surface area contributed by atoms with E-state index in [1.54, 1.807) is 6.92 Å². The van der Waals surface area contributed by atoms with E-state index in [-0.39, 0.29) is 15.7 Å². The Labute approximate surface area is 122 Å². The lowest BCUT2D eigenvalue weighted by Crippen LogP contribution is -2.08. The number of esters is 1. The molecular formula is C13H11F3N2O2S. The third-order valence-corrected chi connectivity index (χ3v) is 3.69. The fourth-order valence-corrected chi connectivity index (χ4v) is 2.58. The Balaban J connectivity index is 2.34. The number of aryl methyl sites for hydroxylation is 1. The molecule has 0 atom stereocenters. The number of carbonyl (C=O) groups is 1. The molecule has 0 aliphatic carbocycles. The maximum Gasteiger partial charge on any atom is 0.418 e. The number of aromatic nitrogens is 1. The van der Waals surface area contributed by atoms with Crippen LogP contribution in [0.15, 0.2) is 24.3 Å². The molecule has 0 radical (unpaired) electrons. The molecule has 1 N–H and O–H groups in total. The smallest absolute Gasteiger partial charge is 0.418 e. The van der Waals surface area contributed by atoms with E-state index in [2.05, 4.69) is 15.0 Å². The van der Waals surface area contributed by atoms with Gasteiger partial charge in [-0.25, -0.2) is 9.78 Å². The standard InChI is InChI=1S/C13H11F3N2O2S/c1-7-10(11(19)20-2)21-12(17-7)18-9-6-4-3-5-8(9)13(14,15)16/h3-6H,1-2H3,(H,17,18). The van der Waals surface area contributed by atoms with E-state index in [9.17, 15) is 18.0 Å². The number of benzene rings is 1. The number of methoxy groups -OCH3 is 1. The Morgan fingerprint density at radius 3 is 2.62 bits per heavy atom. The average Bonchev–Trinajstić information content (AvgIpc) is 2.78. The fourth-order valence-electron chi connectivity index (χ4n) is 1.69. The molecule has 0 saturated heterocycles. The van der Waals surface area contributed by atoms with Crippen LogP contribution in [0.4, 0.5) is 24.0 Å². The molecule has 21 heavy (non-hydrogen) atoms. The zero-order valence-electron chi connectivity index (χ0n) is 11.1. The largest absolute Gasteiger partial charge is 0.465 e. The van der Waals surface area contributed by atoms with Crippen LogP contribution in [-0.4, -0.2) is 18.1 Å². The molecule has 0 aliphatic heterocycles. The van der Waals surface area contributed by atoms with Crippen molar-refractivity contribution in [2.45, 2.75) is 13.1 Å². The highest BCUT2D eigenvalue weighted by molar-refractivity contribution is 7.17. The normalized spacial score (nSPS) is 11.3. The van der Waals surface area contributed by atoms with Gasteiger partial charge in [-0.15, -0.1) is 0 Å². The number of nitrogens with one attached hydrogen (secondary N) is 1. The predicted molar refractivity (Wildman–Crippen MR) is 72.9 cm³/mol. The number of thiazole rings is 1. The van der Waals surface area contributed by atoms with Crippen LogP contribution in [-0.2, 0) is 10.9 Å². The van der Waals surface area contributed by atoms with Gasteiger partial charge in [-0.05, 0) is 19.1 Å². The van der Waals surface area contributed by atoms with Gasteiger partial charge in [0.15, 0.2) is 5.13 Å². The summed E-state index contributed by atoms with van der Waals surface area (Å²) in [5.41, 5.74) is -0.508. The predicted octanol–water partition coefficient (Wildman–Crippen LogP) is 4.00. The average molecular weight is 316 g/mol. The molecule has 0 spiro atoms. The van der Waals surface area contributed by atoms with Crippen molar-refractivity contribution in [2.24, 2.45) is 0 Å². The van der Waals surface area contributed by atoms with Crippen molar-refractivity contribution >= 4 is 28.1 Å². The lowest BCUT2D eigenvalue weighted by atomic mass is 10.2. The lowest BCUT2D eigenvalue weighted by Gasteiger charge is -2.12. The summed E-state index contributed by atoms with van der Waals surface area (Å²) in [5, 5.41) is 2.80. The Morgan fingerprint density at radius 2 is 2.00 bits per heavy atom. The molecule has 0 unspecified atom stereocenters. The van der Waals surface area contributed by atoms with Crippen LogP contribution in [0.3, 0.4) is 0 Å². The minimum atomic E-state index is -4.47. The molecule has 0 fully saturated rings. The molecule has 0 amide bonds. The van der Waals surface area contributed by atoms with Gasteiger partial charge < -0.3 is 10.1 Å². The highest BCUT2D eigenvalue weighted by Crippen LogP contribution is 2.36. The van der Waals surface area contributed by atoms with E-state index in [4.69, 9.17) is 0 Å². The molecule has 0 bridgehead atoms. The fraction of sp³-hybridized carbons (Fsp3) is 0.231. The van der Waals surface area contributed by atoms with Gasteiger partial charge in [0, 0.05) is 0 Å². The molecule has 112 valence electrons. The third kappa shape index (κ3) is 3.33. The first kappa shape index (κ1) is 15.3. The summed E-state index contributed by atoms with van der Waals surface area (Å²) < 4.78 is 43.2. The molecule has 0 aliphatic rings. The van der Waals surface area contributed by atoms with Crippen LogP contribution >= 0.6 is 11.3 Å². The number of hydrogen-bond donors (Lipinski definition) is 1. The molecule has 2 aromatic rings. The van der Waals surface area contributed by atoms with Crippen LogP contribution in [0.1, 0.15) is 20.9 Å². The van der Waals surface area contributed by atoms with Gasteiger partial charge in [0.25, 0.3) is 0 Å².